The second kappa shape index (κ2) is 7.11. The lowest BCUT2D eigenvalue weighted by Crippen LogP contribution is -2.44. The number of anilines is 3. The van der Waals surface area contributed by atoms with Crippen molar-refractivity contribution in [1.29, 1.82) is 0 Å². The van der Waals surface area contributed by atoms with Crippen LogP contribution in [0, 0.1) is 0 Å². The van der Waals surface area contributed by atoms with Crippen molar-refractivity contribution in [2.75, 3.05) is 49.2 Å². The highest BCUT2D eigenvalue weighted by Gasteiger charge is 2.18. The number of hydrogen-bond acceptors (Lipinski definition) is 4. The summed E-state index contributed by atoms with van der Waals surface area (Å²) in [5.74, 6) is -0.196. The van der Waals surface area contributed by atoms with Crippen molar-refractivity contribution in [3.8, 4) is 0 Å². The molecular weight excluding hydrogens is 324 g/mol. The maximum absolute atomic E-state index is 12.5. The van der Waals surface area contributed by atoms with Crippen molar-refractivity contribution in [3.63, 3.8) is 0 Å². The highest BCUT2D eigenvalue weighted by atomic mass is 35.5. The molecule has 2 aromatic rings. The molecule has 2 aromatic carbocycles. The zero-order chi connectivity index (χ0) is 17.1. The third-order valence-corrected chi connectivity index (χ3v) is 4.43. The normalized spacial score (nSPS) is 15.3. The van der Waals surface area contributed by atoms with Gasteiger partial charge < -0.3 is 20.9 Å². The highest BCUT2D eigenvalue weighted by molar-refractivity contribution is 6.31. The van der Waals surface area contributed by atoms with Crippen LogP contribution in [0.3, 0.4) is 0 Å². The van der Waals surface area contributed by atoms with Crippen molar-refractivity contribution >= 4 is 34.6 Å². The van der Waals surface area contributed by atoms with Gasteiger partial charge in [-0.15, -0.1) is 0 Å². The van der Waals surface area contributed by atoms with E-state index < -0.39 is 0 Å². The number of likely N-dealkylation sites (N-methyl/N-ethyl adjacent to an activating group) is 1. The van der Waals surface area contributed by atoms with E-state index in [1.54, 1.807) is 30.3 Å². The Balaban J connectivity index is 1.84. The van der Waals surface area contributed by atoms with Gasteiger partial charge in [-0.1, -0.05) is 17.7 Å². The predicted octanol–water partition coefficient (Wildman–Crippen LogP) is 2.93. The van der Waals surface area contributed by atoms with Crippen molar-refractivity contribution < 1.29 is 4.79 Å². The SMILES string of the molecule is CN1CCN(c2ccc(N)cc2NC(=O)c2cccc(Cl)c2)CC1. The quantitative estimate of drug-likeness (QED) is 0.840. The summed E-state index contributed by atoms with van der Waals surface area (Å²) in [5.41, 5.74) is 8.78. The maximum Gasteiger partial charge on any atom is 0.255 e. The third-order valence-electron chi connectivity index (χ3n) is 4.20. The number of hydrogen-bond donors (Lipinski definition) is 2. The van der Waals surface area contributed by atoms with Crippen LogP contribution < -0.4 is 16.0 Å². The van der Waals surface area contributed by atoms with Gasteiger partial charge in [0.05, 0.1) is 11.4 Å². The maximum atomic E-state index is 12.5. The van der Waals surface area contributed by atoms with Gasteiger partial charge >= 0.3 is 0 Å². The summed E-state index contributed by atoms with van der Waals surface area (Å²) < 4.78 is 0. The number of halogens is 1. The van der Waals surface area contributed by atoms with E-state index in [9.17, 15) is 4.79 Å². The zero-order valence-electron chi connectivity index (χ0n) is 13.6. The van der Waals surface area contributed by atoms with Gasteiger partial charge in [-0.25, -0.2) is 0 Å². The van der Waals surface area contributed by atoms with E-state index in [0.717, 1.165) is 37.6 Å². The van der Waals surface area contributed by atoms with Crippen LogP contribution in [0.4, 0.5) is 17.1 Å². The summed E-state index contributed by atoms with van der Waals surface area (Å²) in [4.78, 5) is 17.1. The number of nitrogens with one attached hydrogen (secondary N) is 1. The van der Waals surface area contributed by atoms with Gasteiger partial charge in [0.25, 0.3) is 5.91 Å². The molecule has 0 bridgehead atoms. The number of nitrogen functional groups attached to an aromatic ring is 1. The number of carbonyl (C=O) groups excluding carboxylic acids is 1. The first-order chi connectivity index (χ1) is 11.5. The number of nitrogens with two attached hydrogens (primary N) is 1. The van der Waals surface area contributed by atoms with Crippen LogP contribution in [0.25, 0.3) is 0 Å². The minimum absolute atomic E-state index is 0.196. The van der Waals surface area contributed by atoms with Crippen LogP contribution in [0.2, 0.25) is 5.02 Å². The molecule has 0 saturated carbocycles. The van der Waals surface area contributed by atoms with E-state index in [0.29, 0.717) is 16.3 Å². The standard InChI is InChI=1S/C18H21ClN4O/c1-22-7-9-23(10-8-22)17-6-5-15(20)12-16(17)21-18(24)13-3-2-4-14(19)11-13/h2-6,11-12H,7-10,20H2,1H3,(H,21,24). The fraction of sp³-hybridized carbons (Fsp3) is 0.278. The molecule has 1 fully saturated rings. The summed E-state index contributed by atoms with van der Waals surface area (Å²) >= 11 is 5.97. The smallest absolute Gasteiger partial charge is 0.255 e. The summed E-state index contributed by atoms with van der Waals surface area (Å²) in [5, 5.41) is 3.51. The average Bonchev–Trinajstić information content (AvgIpc) is 2.56. The fourth-order valence-electron chi connectivity index (χ4n) is 2.80. The average molecular weight is 345 g/mol. The second-order valence-electron chi connectivity index (χ2n) is 6.03. The Bertz CT molecular complexity index is 742. The predicted molar refractivity (Wildman–Crippen MR) is 100.0 cm³/mol. The fourth-order valence-corrected chi connectivity index (χ4v) is 2.99. The number of amides is 1. The monoisotopic (exact) mass is 344 g/mol. The Labute approximate surface area is 147 Å². The zero-order valence-corrected chi connectivity index (χ0v) is 14.4. The molecule has 6 heteroatoms. The molecule has 126 valence electrons. The third kappa shape index (κ3) is 3.80. The van der Waals surface area contributed by atoms with E-state index in [-0.39, 0.29) is 5.91 Å². The van der Waals surface area contributed by atoms with E-state index in [2.05, 4.69) is 22.2 Å². The first kappa shape index (κ1) is 16.6. The summed E-state index contributed by atoms with van der Waals surface area (Å²) in [6.45, 7) is 3.82. The molecule has 1 heterocycles. The number of benzene rings is 2. The summed E-state index contributed by atoms with van der Waals surface area (Å²) in [6, 6.07) is 12.5. The van der Waals surface area contributed by atoms with Gasteiger partial charge in [-0.2, -0.15) is 0 Å². The molecule has 0 radical (unpaired) electrons. The minimum atomic E-state index is -0.196. The molecular formula is C18H21ClN4O. The number of carbonyl (C=O) groups is 1. The Morgan fingerprint density at radius 1 is 1.12 bits per heavy atom. The summed E-state index contributed by atoms with van der Waals surface area (Å²) in [7, 11) is 2.11. The lowest BCUT2D eigenvalue weighted by molar-refractivity contribution is 0.102. The Kier molecular flexibility index (Phi) is 4.92. The molecule has 0 aromatic heterocycles. The van der Waals surface area contributed by atoms with Crippen molar-refractivity contribution in [2.24, 2.45) is 0 Å². The highest BCUT2D eigenvalue weighted by Crippen LogP contribution is 2.29. The van der Waals surface area contributed by atoms with Gasteiger partial charge in [-0.3, -0.25) is 4.79 Å². The second-order valence-corrected chi connectivity index (χ2v) is 6.47. The van der Waals surface area contributed by atoms with Gasteiger partial charge in [0.15, 0.2) is 0 Å². The van der Waals surface area contributed by atoms with Crippen molar-refractivity contribution in [1.82, 2.24) is 4.90 Å². The summed E-state index contributed by atoms with van der Waals surface area (Å²) in [6.07, 6.45) is 0. The van der Waals surface area contributed by atoms with Crippen LogP contribution in [0.15, 0.2) is 42.5 Å². The molecule has 0 atom stereocenters. The molecule has 1 saturated heterocycles. The Morgan fingerprint density at radius 2 is 1.88 bits per heavy atom. The van der Waals surface area contributed by atoms with E-state index in [1.165, 1.54) is 0 Å². The first-order valence-electron chi connectivity index (χ1n) is 7.93. The topological polar surface area (TPSA) is 61.6 Å². The van der Waals surface area contributed by atoms with Crippen LogP contribution in [0.1, 0.15) is 10.4 Å². The molecule has 0 aliphatic carbocycles. The molecule has 5 nitrogen and oxygen atoms in total. The van der Waals surface area contributed by atoms with Gasteiger partial charge in [0, 0.05) is 42.5 Å². The molecule has 0 unspecified atom stereocenters. The van der Waals surface area contributed by atoms with Crippen molar-refractivity contribution in [3.05, 3.63) is 53.1 Å². The van der Waals surface area contributed by atoms with E-state index >= 15 is 0 Å². The lowest BCUT2D eigenvalue weighted by Gasteiger charge is -2.35. The van der Waals surface area contributed by atoms with E-state index in [4.69, 9.17) is 17.3 Å². The van der Waals surface area contributed by atoms with Crippen molar-refractivity contribution in [2.45, 2.75) is 0 Å². The molecule has 3 rings (SSSR count). The molecule has 1 aliphatic rings. The molecule has 1 aliphatic heterocycles. The van der Waals surface area contributed by atoms with Crippen LogP contribution >= 0.6 is 11.6 Å². The number of rotatable bonds is 3. The van der Waals surface area contributed by atoms with Crippen LogP contribution in [-0.2, 0) is 0 Å². The van der Waals surface area contributed by atoms with E-state index in [1.807, 2.05) is 12.1 Å². The number of nitrogens with zero attached hydrogens (tertiary/aromatic N) is 2. The largest absolute Gasteiger partial charge is 0.399 e. The molecule has 3 N–H and O–H groups in total. The Hall–Kier alpha value is -2.24. The number of piperazine rings is 1. The van der Waals surface area contributed by atoms with Gasteiger partial charge in [0.2, 0.25) is 0 Å². The van der Waals surface area contributed by atoms with Crippen LogP contribution in [0.5, 0.6) is 0 Å². The van der Waals surface area contributed by atoms with Gasteiger partial charge in [0.1, 0.15) is 0 Å². The van der Waals surface area contributed by atoms with Crippen LogP contribution in [-0.4, -0.2) is 44.0 Å². The molecule has 1 amide bonds. The first-order valence-corrected chi connectivity index (χ1v) is 8.30. The van der Waals surface area contributed by atoms with Gasteiger partial charge in [-0.05, 0) is 43.4 Å². The molecule has 24 heavy (non-hydrogen) atoms. The minimum Gasteiger partial charge on any atom is -0.399 e. The lowest BCUT2D eigenvalue weighted by atomic mass is 10.1. The Morgan fingerprint density at radius 3 is 2.58 bits per heavy atom. The molecule has 0 spiro atoms.